The molecular weight excluding hydrogens is 835 g/mol. The van der Waals surface area contributed by atoms with Gasteiger partial charge in [-0.2, -0.15) is 0 Å². The zero-order chi connectivity index (χ0) is 45.6. The Morgan fingerprint density at radius 3 is 2.59 bits per heavy atom. The van der Waals surface area contributed by atoms with E-state index >= 15 is 0 Å². The maximum absolute atomic E-state index is 15.0. The van der Waals surface area contributed by atoms with Crippen LogP contribution in [0.5, 0.6) is 11.6 Å². The molecule has 1 unspecified atom stereocenters. The quantitative estimate of drug-likeness (QED) is 0.147. The molecule has 8 rings (SSSR count). The molecule has 350 valence electrons. The molecule has 2 aromatic rings. The maximum atomic E-state index is 15.0. The van der Waals surface area contributed by atoms with Gasteiger partial charge >= 0.3 is 5.97 Å². The molecule has 14 nitrogen and oxygen atoms in total. The van der Waals surface area contributed by atoms with Gasteiger partial charge in [0.2, 0.25) is 27.7 Å². The summed E-state index contributed by atoms with van der Waals surface area (Å²) in [5.74, 6) is -1.65. The van der Waals surface area contributed by atoms with Crippen LogP contribution in [0.4, 0.5) is 0 Å². The van der Waals surface area contributed by atoms with Gasteiger partial charge in [0.15, 0.2) is 5.78 Å². The third-order valence-corrected chi connectivity index (χ3v) is 17.1. The van der Waals surface area contributed by atoms with E-state index < -0.39 is 61.5 Å². The number of rotatable bonds is 12. The van der Waals surface area contributed by atoms with E-state index in [1.54, 1.807) is 13.0 Å². The summed E-state index contributed by atoms with van der Waals surface area (Å²) in [6.07, 6.45) is 7.70. The third kappa shape index (κ3) is 10.0. The van der Waals surface area contributed by atoms with Crippen LogP contribution in [0.2, 0.25) is 0 Å². The van der Waals surface area contributed by atoms with Gasteiger partial charge in [-0.1, -0.05) is 51.8 Å². The van der Waals surface area contributed by atoms with Crippen molar-refractivity contribution in [3.05, 3.63) is 42.5 Å². The molecule has 8 atom stereocenters. The fraction of sp³-hybridized carbons (Fsp3) is 0.694. The summed E-state index contributed by atoms with van der Waals surface area (Å²) in [7, 11) is -3.97. The van der Waals surface area contributed by atoms with Crippen molar-refractivity contribution >= 4 is 44.5 Å². The fourth-order valence-electron chi connectivity index (χ4n) is 10.3. The molecule has 3 aliphatic heterocycles. The van der Waals surface area contributed by atoms with Crippen molar-refractivity contribution < 1.29 is 41.8 Å². The molecule has 15 heteroatoms. The molecule has 2 N–H and O–H groups in total. The van der Waals surface area contributed by atoms with Gasteiger partial charge in [-0.3, -0.25) is 23.9 Å². The van der Waals surface area contributed by atoms with E-state index in [2.05, 4.69) is 28.4 Å². The lowest BCUT2D eigenvalue weighted by Gasteiger charge is -2.34. The molecule has 1 aromatic heterocycles. The van der Waals surface area contributed by atoms with Gasteiger partial charge in [-0.15, -0.1) is 6.58 Å². The van der Waals surface area contributed by atoms with E-state index in [0.717, 1.165) is 81.4 Å². The Kier molecular flexibility index (Phi) is 13.3. The Balaban J connectivity index is 1.11. The monoisotopic (exact) mass is 903 g/mol. The van der Waals surface area contributed by atoms with Gasteiger partial charge in [0.1, 0.15) is 18.0 Å². The lowest BCUT2D eigenvalue weighted by Crippen LogP contribution is -2.49. The van der Waals surface area contributed by atoms with E-state index in [-0.39, 0.29) is 50.0 Å². The molecule has 64 heavy (non-hydrogen) atoms. The first-order valence-electron chi connectivity index (χ1n) is 23.8. The number of para-hydroxylation sites is 1. The molecule has 6 aliphatic rings. The second kappa shape index (κ2) is 18.3. The first kappa shape index (κ1) is 46.4. The number of aromatic nitrogens is 1. The SMILES string of the molecule is C=C[C@@H]1C[C@]1(CC(=O)[C@@H]1C[C@@H]2CN1C(=O)[C@H](C(C)(C)C)CC(=O)O[C@@H]1C[C@H]1CCCCCc1c(nc3ccccc3c1OCCCN1CCNC(C)C1)O2)C(=O)NS(=O)(=O)C1(C)CC1. The summed E-state index contributed by atoms with van der Waals surface area (Å²) >= 11 is 0. The van der Waals surface area contributed by atoms with E-state index in [1.165, 1.54) is 4.90 Å². The lowest BCUT2D eigenvalue weighted by atomic mass is 9.77. The number of esters is 1. The van der Waals surface area contributed by atoms with Gasteiger partial charge in [-0.25, -0.2) is 13.4 Å². The predicted molar refractivity (Wildman–Crippen MR) is 243 cm³/mol. The zero-order valence-electron chi connectivity index (χ0n) is 38.5. The highest BCUT2D eigenvalue weighted by atomic mass is 32.2. The molecule has 2 bridgehead atoms. The minimum atomic E-state index is -3.97. The number of benzene rings is 1. The average molecular weight is 904 g/mol. The highest BCUT2D eigenvalue weighted by molar-refractivity contribution is 7.91. The molecule has 3 aliphatic carbocycles. The fourth-order valence-corrected chi connectivity index (χ4v) is 11.6. The summed E-state index contributed by atoms with van der Waals surface area (Å²) in [6.45, 7) is 17.9. The van der Waals surface area contributed by atoms with Crippen molar-refractivity contribution in [3.8, 4) is 11.6 Å². The topological polar surface area (TPSA) is 174 Å². The number of piperazine rings is 1. The number of pyridine rings is 1. The van der Waals surface area contributed by atoms with Crippen LogP contribution in [0.25, 0.3) is 10.9 Å². The standard InChI is InChI=1S/C49H69N5O9S/c1-7-33-27-49(33,46(58)52-64(59,60)48(6)18-19-48)28-40(55)39-25-34-30-54(39)45(57)37(47(3,4)5)26-42(56)63-41-24-32(41)14-9-8-10-16-36-43(35-15-11-12-17-38(35)51-44(36)62-34)61-23-13-21-53-22-20-50-31(2)29-53/h7,11-12,15,17,31-34,37,39,41,50H,1,8-10,13-14,16,18-30H2,2-6H3,(H,52,58)/t31?,32-,33-,34-,37-,39+,41-,49-/m1/s1. The summed E-state index contributed by atoms with van der Waals surface area (Å²) in [5, 5.41) is 4.41. The van der Waals surface area contributed by atoms with Crippen molar-refractivity contribution in [3.63, 3.8) is 0 Å². The zero-order valence-corrected chi connectivity index (χ0v) is 39.3. The van der Waals surface area contributed by atoms with Crippen LogP contribution in [0, 0.1) is 28.6 Å². The molecule has 3 saturated carbocycles. The Labute approximate surface area is 379 Å². The van der Waals surface area contributed by atoms with Crippen molar-refractivity contribution in [1.29, 1.82) is 0 Å². The van der Waals surface area contributed by atoms with Crippen molar-refractivity contribution in [2.24, 2.45) is 28.6 Å². The molecule has 0 radical (unpaired) electrons. The smallest absolute Gasteiger partial charge is 0.306 e. The number of nitrogens with one attached hydrogen (secondary N) is 2. The number of fused-ring (bicyclic) bond motifs is 5. The van der Waals surface area contributed by atoms with Crippen LogP contribution in [0.3, 0.4) is 0 Å². The Morgan fingerprint density at radius 2 is 1.88 bits per heavy atom. The number of ketones is 1. The van der Waals surface area contributed by atoms with Gasteiger partial charge in [-0.05, 0) is 94.6 Å². The van der Waals surface area contributed by atoms with Gasteiger partial charge in [0.25, 0.3) is 0 Å². The third-order valence-electron chi connectivity index (χ3n) is 15.0. The predicted octanol–water partition coefficient (Wildman–Crippen LogP) is 5.90. The number of nitrogens with zero attached hydrogens (tertiary/aromatic N) is 3. The summed E-state index contributed by atoms with van der Waals surface area (Å²) < 4.78 is 47.4. The molecule has 5 fully saturated rings. The van der Waals surface area contributed by atoms with Crippen LogP contribution in [0.15, 0.2) is 36.9 Å². The minimum absolute atomic E-state index is 0.0473. The normalized spacial score (nSPS) is 31.0. The number of sulfonamides is 1. The number of carbonyl (C=O) groups is 4. The Morgan fingerprint density at radius 1 is 1.09 bits per heavy atom. The number of Topliss-reactive ketones (excluding diaryl/α,β-unsaturated/α-hetero) is 1. The molecule has 0 spiro atoms. The van der Waals surface area contributed by atoms with Crippen molar-refractivity contribution in [2.75, 3.05) is 39.3 Å². The van der Waals surface area contributed by atoms with Crippen LogP contribution in [0.1, 0.15) is 117 Å². The van der Waals surface area contributed by atoms with Gasteiger partial charge in [0, 0.05) is 50.4 Å². The number of ether oxygens (including phenoxy) is 3. The molecule has 2 amide bonds. The van der Waals surface area contributed by atoms with E-state index in [9.17, 15) is 27.6 Å². The van der Waals surface area contributed by atoms with Crippen LogP contribution in [-0.4, -0.2) is 115 Å². The molecule has 1 aromatic carbocycles. The maximum Gasteiger partial charge on any atom is 0.306 e. The summed E-state index contributed by atoms with van der Waals surface area (Å²) in [4.78, 5) is 66.3. The van der Waals surface area contributed by atoms with Crippen molar-refractivity contribution in [2.45, 2.75) is 147 Å². The first-order valence-corrected chi connectivity index (χ1v) is 25.3. The summed E-state index contributed by atoms with van der Waals surface area (Å²) in [5.41, 5.74) is -0.408. The molecular formula is C49H69N5O9S. The van der Waals surface area contributed by atoms with Gasteiger partial charge in [0.05, 0.1) is 52.8 Å². The van der Waals surface area contributed by atoms with Crippen LogP contribution >= 0.6 is 0 Å². The second-order valence-corrected chi connectivity index (χ2v) is 23.3. The highest BCUT2D eigenvalue weighted by Crippen LogP contribution is 2.57. The van der Waals surface area contributed by atoms with Crippen LogP contribution < -0.4 is 19.5 Å². The molecule has 4 heterocycles. The van der Waals surface area contributed by atoms with E-state index in [4.69, 9.17) is 19.2 Å². The summed E-state index contributed by atoms with van der Waals surface area (Å²) in [6, 6.07) is 7.33. The average Bonchev–Trinajstić information content (AvgIpc) is 4.20. The minimum Gasteiger partial charge on any atom is -0.492 e. The van der Waals surface area contributed by atoms with E-state index in [0.29, 0.717) is 49.2 Å². The number of amides is 2. The number of allylic oxidation sites excluding steroid dienone is 1. The molecule has 2 saturated heterocycles. The van der Waals surface area contributed by atoms with E-state index in [1.807, 2.05) is 45.0 Å². The first-order chi connectivity index (χ1) is 30.4. The van der Waals surface area contributed by atoms with Crippen LogP contribution in [-0.2, 0) is 40.4 Å². The lowest BCUT2D eigenvalue weighted by molar-refractivity contribution is -0.154. The largest absolute Gasteiger partial charge is 0.492 e. The van der Waals surface area contributed by atoms with Crippen molar-refractivity contribution in [1.82, 2.24) is 24.8 Å². The number of hydrogen-bond acceptors (Lipinski definition) is 12. The number of hydrogen-bond donors (Lipinski definition) is 2. The number of carbonyl (C=O) groups excluding carboxylic acids is 4. The Bertz CT molecular complexity index is 2240. The van der Waals surface area contributed by atoms with Gasteiger partial charge < -0.3 is 29.3 Å². The second-order valence-electron chi connectivity index (χ2n) is 21.1. The highest BCUT2D eigenvalue weighted by Gasteiger charge is 2.62. The Hall–Kier alpha value is -4.08.